The Bertz CT molecular complexity index is 701. The van der Waals surface area contributed by atoms with Crippen LogP contribution in [0.3, 0.4) is 0 Å². The van der Waals surface area contributed by atoms with Crippen molar-refractivity contribution in [2.45, 2.75) is 65.3 Å². The summed E-state index contributed by atoms with van der Waals surface area (Å²) in [6.45, 7) is 5.14. The summed E-state index contributed by atoms with van der Waals surface area (Å²) >= 11 is 0. The van der Waals surface area contributed by atoms with Crippen LogP contribution < -0.4 is 0 Å². The van der Waals surface area contributed by atoms with Crippen molar-refractivity contribution in [3.8, 4) is 0 Å². The number of ether oxygens (including phenoxy) is 5. The Morgan fingerprint density at radius 1 is 0.900 bits per heavy atom. The highest BCUT2D eigenvalue weighted by atomic mass is 16.7. The van der Waals surface area contributed by atoms with E-state index >= 15 is 0 Å². The molecule has 0 aliphatic carbocycles. The molecule has 1 heterocycles. The van der Waals surface area contributed by atoms with Gasteiger partial charge in [-0.2, -0.15) is 0 Å². The van der Waals surface area contributed by atoms with Crippen LogP contribution in [0.2, 0.25) is 0 Å². The number of carboxylic acid groups (broad SMARTS) is 1. The number of hydrogen-bond acceptors (Lipinski definition) is 11. The smallest absolute Gasteiger partial charge is 0.305 e. The summed E-state index contributed by atoms with van der Waals surface area (Å²) in [5.74, 6) is -3.74. The second-order valence-corrected chi connectivity index (χ2v) is 5.82. The molecule has 0 radical (unpaired) electrons. The molecular weight excluding hydrogens is 410 g/mol. The zero-order chi connectivity index (χ0) is 23.4. The van der Waals surface area contributed by atoms with Crippen LogP contribution in [0.4, 0.5) is 0 Å². The summed E-state index contributed by atoms with van der Waals surface area (Å²) < 4.78 is 25.5. The first-order valence-electron chi connectivity index (χ1n) is 8.43. The van der Waals surface area contributed by atoms with E-state index in [0.29, 0.717) is 0 Å². The quantitative estimate of drug-likeness (QED) is 0.200. The highest BCUT2D eigenvalue weighted by molar-refractivity contribution is 5.68. The van der Waals surface area contributed by atoms with Crippen molar-refractivity contribution in [2.75, 3.05) is 6.61 Å². The Morgan fingerprint density at radius 3 is 1.77 bits per heavy atom. The fraction of sp³-hybridized carbons (Fsp3) is 0.688. The maximum absolute atomic E-state index is 11.4. The van der Waals surface area contributed by atoms with Gasteiger partial charge in [0.1, 0.15) is 24.9 Å². The summed E-state index contributed by atoms with van der Waals surface area (Å²) in [5, 5.41) is 10.9. The third-order valence-electron chi connectivity index (χ3n) is 3.14. The van der Waals surface area contributed by atoms with Crippen LogP contribution in [0.25, 0.3) is 10.4 Å². The minimum atomic E-state index is -1.46. The number of carbonyl (C=O) groups is 5. The third-order valence-corrected chi connectivity index (χ3v) is 3.14. The van der Waals surface area contributed by atoms with E-state index in [-0.39, 0.29) is 6.61 Å². The highest BCUT2D eigenvalue weighted by Crippen LogP contribution is 2.29. The first kappa shape index (κ1) is 26.6. The minimum absolute atomic E-state index is 0.380. The van der Waals surface area contributed by atoms with Crippen LogP contribution in [0, 0.1) is 0 Å². The van der Waals surface area contributed by atoms with Crippen molar-refractivity contribution in [3.63, 3.8) is 0 Å². The first-order valence-corrected chi connectivity index (χ1v) is 8.43. The average Bonchev–Trinajstić information content (AvgIpc) is 2.56. The molecule has 5 unspecified atom stereocenters. The molecule has 0 bridgehead atoms. The number of rotatable bonds is 6. The molecule has 1 saturated heterocycles. The van der Waals surface area contributed by atoms with Crippen molar-refractivity contribution < 1.29 is 52.8 Å². The molecular formula is C16H23N3O11. The second kappa shape index (κ2) is 13.0. The third kappa shape index (κ3) is 10.2. The Hall–Kier alpha value is -3.38. The van der Waals surface area contributed by atoms with Crippen LogP contribution in [-0.4, -0.2) is 72.2 Å². The van der Waals surface area contributed by atoms with Crippen LogP contribution in [0.1, 0.15) is 34.6 Å². The molecule has 0 aromatic heterocycles. The number of hydrogen-bond donors (Lipinski definition) is 1. The van der Waals surface area contributed by atoms with Gasteiger partial charge in [0.05, 0.1) is 0 Å². The monoisotopic (exact) mass is 433 g/mol. The molecule has 1 fully saturated rings. The zero-order valence-corrected chi connectivity index (χ0v) is 17.0. The van der Waals surface area contributed by atoms with Gasteiger partial charge in [-0.15, -0.1) is 0 Å². The van der Waals surface area contributed by atoms with Crippen molar-refractivity contribution in [1.82, 2.24) is 0 Å². The summed E-state index contributed by atoms with van der Waals surface area (Å²) in [6, 6.07) is -1.29. The van der Waals surface area contributed by atoms with E-state index in [1.807, 2.05) is 0 Å². The molecule has 1 aliphatic rings. The number of carbonyl (C=O) groups excluding carboxylic acids is 4. The van der Waals surface area contributed by atoms with Crippen LogP contribution in [0.15, 0.2) is 5.11 Å². The molecule has 0 saturated carbocycles. The lowest BCUT2D eigenvalue weighted by Gasteiger charge is -2.42. The normalized spacial score (nSPS) is 24.6. The summed E-state index contributed by atoms with van der Waals surface area (Å²) in [6.07, 6.45) is -5.21. The van der Waals surface area contributed by atoms with Gasteiger partial charge >= 0.3 is 23.9 Å². The van der Waals surface area contributed by atoms with Gasteiger partial charge in [-0.3, -0.25) is 24.0 Å². The number of nitrogens with zero attached hydrogens (tertiary/aromatic N) is 3. The Balaban J connectivity index is 0.00000192. The molecule has 168 valence electrons. The lowest BCUT2D eigenvalue weighted by Crippen LogP contribution is -2.61. The summed E-state index contributed by atoms with van der Waals surface area (Å²) in [5.41, 5.74) is 8.84. The SMILES string of the molecule is CC(=O)O.CC(=O)OCC1OC(OC(C)=O)C(OC(C)=O)C(N=[N+]=[N-])C1OC(C)=O. The van der Waals surface area contributed by atoms with Gasteiger partial charge in [-0.05, 0) is 5.53 Å². The lowest BCUT2D eigenvalue weighted by molar-refractivity contribution is -0.275. The van der Waals surface area contributed by atoms with Gasteiger partial charge in [0.15, 0.2) is 6.10 Å². The molecule has 0 aromatic carbocycles. The van der Waals surface area contributed by atoms with E-state index in [4.69, 9.17) is 39.1 Å². The lowest BCUT2D eigenvalue weighted by atomic mass is 9.96. The van der Waals surface area contributed by atoms with E-state index in [1.165, 1.54) is 0 Å². The van der Waals surface area contributed by atoms with E-state index in [0.717, 1.165) is 34.6 Å². The van der Waals surface area contributed by atoms with Crippen molar-refractivity contribution in [2.24, 2.45) is 5.11 Å². The molecule has 14 nitrogen and oxygen atoms in total. The zero-order valence-electron chi connectivity index (χ0n) is 17.0. The molecule has 30 heavy (non-hydrogen) atoms. The van der Waals surface area contributed by atoms with E-state index in [2.05, 4.69) is 10.0 Å². The Kier molecular flexibility index (Phi) is 11.5. The second-order valence-electron chi connectivity index (χ2n) is 5.82. The Morgan fingerprint density at radius 2 is 1.37 bits per heavy atom. The standard InChI is InChI=1S/C14H19N3O9.C2H4O2/c1-6(18)22-5-10-12(23-7(2)19)11(16-17-15)13(24-8(3)20)14(26-10)25-9(4)21;1-2(3)4/h10-14H,5H2,1-4H3;1H3,(H,3,4). The van der Waals surface area contributed by atoms with E-state index < -0.39 is 60.5 Å². The van der Waals surface area contributed by atoms with Gasteiger partial charge in [0.25, 0.3) is 5.97 Å². The van der Waals surface area contributed by atoms with Gasteiger partial charge in [-0.25, -0.2) is 0 Å². The topological polar surface area (TPSA) is 200 Å². The molecule has 0 spiro atoms. The molecule has 1 N–H and O–H groups in total. The van der Waals surface area contributed by atoms with E-state index in [1.54, 1.807) is 0 Å². The molecule has 0 aromatic rings. The minimum Gasteiger partial charge on any atom is -0.481 e. The maximum Gasteiger partial charge on any atom is 0.305 e. The maximum atomic E-state index is 11.4. The largest absolute Gasteiger partial charge is 0.481 e. The van der Waals surface area contributed by atoms with Crippen LogP contribution in [0.5, 0.6) is 0 Å². The van der Waals surface area contributed by atoms with Gasteiger partial charge in [0, 0.05) is 39.5 Å². The highest BCUT2D eigenvalue weighted by Gasteiger charge is 2.51. The molecule has 1 rings (SSSR count). The first-order chi connectivity index (χ1) is 13.9. The van der Waals surface area contributed by atoms with E-state index in [9.17, 15) is 19.2 Å². The predicted octanol–water partition coefficient (Wildman–Crippen LogP) is 0.471. The fourth-order valence-electron chi connectivity index (χ4n) is 2.33. The van der Waals surface area contributed by atoms with Gasteiger partial charge < -0.3 is 28.8 Å². The van der Waals surface area contributed by atoms with Crippen LogP contribution in [-0.2, 0) is 47.7 Å². The number of aliphatic carboxylic acids is 1. The van der Waals surface area contributed by atoms with Crippen LogP contribution >= 0.6 is 0 Å². The number of carboxylic acids is 1. The number of azide groups is 1. The average molecular weight is 433 g/mol. The van der Waals surface area contributed by atoms with Crippen molar-refractivity contribution in [3.05, 3.63) is 10.4 Å². The predicted molar refractivity (Wildman–Crippen MR) is 94.4 cm³/mol. The molecule has 5 atom stereocenters. The van der Waals surface area contributed by atoms with Gasteiger partial charge in [-0.1, -0.05) is 5.11 Å². The fourth-order valence-corrected chi connectivity index (χ4v) is 2.33. The molecule has 0 amide bonds. The number of esters is 4. The molecule has 1 aliphatic heterocycles. The van der Waals surface area contributed by atoms with Crippen molar-refractivity contribution in [1.29, 1.82) is 0 Å². The Labute approximate surface area is 171 Å². The van der Waals surface area contributed by atoms with Crippen molar-refractivity contribution >= 4 is 29.8 Å². The molecule has 14 heteroatoms. The summed E-state index contributed by atoms with van der Waals surface area (Å²) in [7, 11) is 0. The summed E-state index contributed by atoms with van der Waals surface area (Å²) in [4.78, 5) is 56.9. The van der Waals surface area contributed by atoms with Gasteiger partial charge in [0.2, 0.25) is 6.29 Å².